The van der Waals surface area contributed by atoms with Gasteiger partial charge in [-0.15, -0.1) is 0 Å². The third-order valence-corrected chi connectivity index (χ3v) is 2.95. The third-order valence-electron chi connectivity index (χ3n) is 2.95. The molecule has 0 fully saturated rings. The van der Waals surface area contributed by atoms with E-state index in [1.165, 1.54) is 7.05 Å². The standard InChI is InChI=1S/C16H18N2O3/c1-17-16(19)18(20)11-13-7-9-15(10-8-13)21-12-14-5-3-2-4-6-14/h2-10,20H,11-12H2,1H3,(H,17,19). The fourth-order valence-electron chi connectivity index (χ4n) is 1.81. The Morgan fingerprint density at radius 3 is 2.38 bits per heavy atom. The van der Waals surface area contributed by atoms with Crippen LogP contribution in [0.1, 0.15) is 11.1 Å². The van der Waals surface area contributed by atoms with E-state index in [9.17, 15) is 10.0 Å². The molecule has 2 aromatic carbocycles. The fourth-order valence-corrected chi connectivity index (χ4v) is 1.81. The largest absolute Gasteiger partial charge is 0.489 e. The zero-order valence-electron chi connectivity index (χ0n) is 11.8. The van der Waals surface area contributed by atoms with Gasteiger partial charge in [-0.25, -0.2) is 9.86 Å². The first-order chi connectivity index (χ1) is 10.2. The molecule has 110 valence electrons. The first kappa shape index (κ1) is 14.9. The predicted molar refractivity (Wildman–Crippen MR) is 79.0 cm³/mol. The third kappa shape index (κ3) is 4.50. The fraction of sp³-hybridized carbons (Fsp3) is 0.188. The maximum absolute atomic E-state index is 11.2. The molecule has 2 N–H and O–H groups in total. The van der Waals surface area contributed by atoms with Crippen LogP contribution in [-0.2, 0) is 13.2 Å². The number of amides is 2. The van der Waals surface area contributed by atoms with Gasteiger partial charge in [-0.1, -0.05) is 42.5 Å². The van der Waals surface area contributed by atoms with Crippen LogP contribution in [0.4, 0.5) is 4.79 Å². The molecule has 0 aliphatic rings. The van der Waals surface area contributed by atoms with Crippen molar-refractivity contribution in [3.05, 3.63) is 65.7 Å². The van der Waals surface area contributed by atoms with E-state index in [0.717, 1.165) is 16.9 Å². The van der Waals surface area contributed by atoms with E-state index in [1.807, 2.05) is 54.6 Å². The smallest absolute Gasteiger partial charge is 0.341 e. The molecule has 0 bridgehead atoms. The molecule has 5 heteroatoms. The molecule has 2 aromatic rings. The zero-order valence-corrected chi connectivity index (χ0v) is 11.8. The van der Waals surface area contributed by atoms with Crippen molar-refractivity contribution in [2.24, 2.45) is 0 Å². The lowest BCUT2D eigenvalue weighted by Gasteiger charge is -2.14. The number of rotatable bonds is 5. The topological polar surface area (TPSA) is 61.8 Å². The maximum atomic E-state index is 11.2. The Morgan fingerprint density at radius 1 is 1.10 bits per heavy atom. The highest BCUT2D eigenvalue weighted by Crippen LogP contribution is 2.15. The minimum absolute atomic E-state index is 0.124. The van der Waals surface area contributed by atoms with Crippen molar-refractivity contribution in [2.75, 3.05) is 7.05 Å². The van der Waals surface area contributed by atoms with Crippen LogP contribution in [0.5, 0.6) is 5.75 Å². The van der Waals surface area contributed by atoms with Gasteiger partial charge in [-0.05, 0) is 23.3 Å². The van der Waals surface area contributed by atoms with Gasteiger partial charge in [-0.2, -0.15) is 0 Å². The summed E-state index contributed by atoms with van der Waals surface area (Å²) in [5.74, 6) is 0.743. The lowest BCUT2D eigenvalue weighted by atomic mass is 10.2. The highest BCUT2D eigenvalue weighted by molar-refractivity contribution is 5.72. The first-order valence-corrected chi connectivity index (χ1v) is 6.63. The summed E-state index contributed by atoms with van der Waals surface area (Å²) in [5, 5.41) is 12.5. The molecule has 0 heterocycles. The molecule has 2 rings (SSSR count). The second-order valence-electron chi connectivity index (χ2n) is 4.53. The van der Waals surface area contributed by atoms with Gasteiger partial charge >= 0.3 is 6.03 Å². The number of ether oxygens (including phenoxy) is 1. The second kappa shape index (κ2) is 7.31. The summed E-state index contributed by atoms with van der Waals surface area (Å²) in [5.41, 5.74) is 1.91. The number of hydrogen-bond acceptors (Lipinski definition) is 3. The minimum atomic E-state index is -0.542. The van der Waals surface area contributed by atoms with E-state index in [-0.39, 0.29) is 6.54 Å². The quantitative estimate of drug-likeness (QED) is 0.656. The van der Waals surface area contributed by atoms with Crippen molar-refractivity contribution in [1.82, 2.24) is 10.4 Å². The van der Waals surface area contributed by atoms with Crippen LogP contribution in [0.15, 0.2) is 54.6 Å². The number of nitrogens with zero attached hydrogens (tertiary/aromatic N) is 1. The molecule has 0 spiro atoms. The number of hydroxylamine groups is 2. The number of hydrogen-bond donors (Lipinski definition) is 2. The lowest BCUT2D eigenvalue weighted by molar-refractivity contribution is -0.0501. The minimum Gasteiger partial charge on any atom is -0.489 e. The Balaban J connectivity index is 1.88. The van der Waals surface area contributed by atoms with E-state index in [0.29, 0.717) is 11.7 Å². The van der Waals surface area contributed by atoms with E-state index >= 15 is 0 Å². The summed E-state index contributed by atoms with van der Waals surface area (Å²) in [6.45, 7) is 0.628. The van der Waals surface area contributed by atoms with Gasteiger partial charge in [0.15, 0.2) is 0 Å². The summed E-state index contributed by atoms with van der Waals surface area (Å²) in [7, 11) is 1.46. The Kier molecular flexibility index (Phi) is 5.17. The molecule has 0 unspecified atom stereocenters. The van der Waals surface area contributed by atoms with E-state index in [2.05, 4.69) is 5.32 Å². The molecule has 0 aromatic heterocycles. The van der Waals surface area contributed by atoms with Gasteiger partial charge in [-0.3, -0.25) is 5.21 Å². The monoisotopic (exact) mass is 286 g/mol. The SMILES string of the molecule is CNC(=O)N(O)Cc1ccc(OCc2ccccc2)cc1. The summed E-state index contributed by atoms with van der Waals surface area (Å²) < 4.78 is 5.67. The molecule has 0 aliphatic carbocycles. The van der Waals surface area contributed by atoms with Gasteiger partial charge in [0, 0.05) is 7.05 Å². The summed E-state index contributed by atoms with van der Waals surface area (Å²) in [6, 6.07) is 16.6. The molecule has 0 radical (unpaired) electrons. The van der Waals surface area contributed by atoms with Crippen LogP contribution in [0.25, 0.3) is 0 Å². The van der Waals surface area contributed by atoms with E-state index in [1.54, 1.807) is 0 Å². The van der Waals surface area contributed by atoms with Crippen molar-refractivity contribution in [3.63, 3.8) is 0 Å². The van der Waals surface area contributed by atoms with Crippen LogP contribution in [-0.4, -0.2) is 23.3 Å². The Labute approximate surface area is 123 Å². The van der Waals surface area contributed by atoms with Gasteiger partial charge in [0.2, 0.25) is 0 Å². The summed E-state index contributed by atoms with van der Waals surface area (Å²) >= 11 is 0. The molecule has 0 saturated heterocycles. The second-order valence-corrected chi connectivity index (χ2v) is 4.53. The molecule has 21 heavy (non-hydrogen) atoms. The normalized spacial score (nSPS) is 10.0. The van der Waals surface area contributed by atoms with Crippen LogP contribution >= 0.6 is 0 Å². The number of carbonyl (C=O) groups is 1. The summed E-state index contributed by atoms with van der Waals surface area (Å²) in [4.78, 5) is 11.2. The number of benzene rings is 2. The van der Waals surface area contributed by atoms with Gasteiger partial charge in [0.05, 0.1) is 6.54 Å². The predicted octanol–water partition coefficient (Wildman–Crippen LogP) is 2.80. The van der Waals surface area contributed by atoms with Crippen molar-refractivity contribution in [3.8, 4) is 5.75 Å². The van der Waals surface area contributed by atoms with Crippen LogP contribution in [0.2, 0.25) is 0 Å². The lowest BCUT2D eigenvalue weighted by Crippen LogP contribution is -2.34. The van der Waals surface area contributed by atoms with Crippen molar-refractivity contribution < 1.29 is 14.7 Å². The Hall–Kier alpha value is -2.53. The van der Waals surface area contributed by atoms with E-state index < -0.39 is 6.03 Å². The highest BCUT2D eigenvalue weighted by Gasteiger charge is 2.08. The van der Waals surface area contributed by atoms with Gasteiger partial charge < -0.3 is 10.1 Å². The first-order valence-electron chi connectivity index (χ1n) is 6.63. The average molecular weight is 286 g/mol. The van der Waals surface area contributed by atoms with Crippen LogP contribution < -0.4 is 10.1 Å². The number of nitrogens with one attached hydrogen (secondary N) is 1. The molecule has 2 amide bonds. The number of urea groups is 1. The van der Waals surface area contributed by atoms with Crippen LogP contribution in [0.3, 0.4) is 0 Å². The number of carbonyl (C=O) groups excluding carboxylic acids is 1. The van der Waals surface area contributed by atoms with Gasteiger partial charge in [0.1, 0.15) is 12.4 Å². The Bertz CT molecular complexity index is 570. The maximum Gasteiger partial charge on any atom is 0.341 e. The molecular formula is C16H18N2O3. The van der Waals surface area contributed by atoms with Crippen molar-refractivity contribution in [2.45, 2.75) is 13.2 Å². The molecule has 0 atom stereocenters. The molecule has 5 nitrogen and oxygen atoms in total. The molecule has 0 aliphatic heterocycles. The Morgan fingerprint density at radius 2 is 1.76 bits per heavy atom. The molecular weight excluding hydrogens is 268 g/mol. The zero-order chi connectivity index (χ0) is 15.1. The molecule has 0 saturated carbocycles. The summed E-state index contributed by atoms with van der Waals surface area (Å²) in [6.07, 6.45) is 0. The highest BCUT2D eigenvalue weighted by atomic mass is 16.5. The van der Waals surface area contributed by atoms with Crippen LogP contribution in [0, 0.1) is 0 Å². The average Bonchev–Trinajstić information content (AvgIpc) is 2.54. The van der Waals surface area contributed by atoms with Crippen molar-refractivity contribution in [1.29, 1.82) is 0 Å². The van der Waals surface area contributed by atoms with Gasteiger partial charge in [0.25, 0.3) is 0 Å². The van der Waals surface area contributed by atoms with E-state index in [4.69, 9.17) is 4.74 Å². The van der Waals surface area contributed by atoms with Crippen molar-refractivity contribution >= 4 is 6.03 Å².